The molecule has 9 rings (SSSR count). The number of fused-ring (bicyclic) bond motifs is 4. The molecule has 0 radical (unpaired) electrons. The van der Waals surface area contributed by atoms with Crippen LogP contribution in [0.1, 0.15) is 124 Å². The molecule has 3 aliphatic rings. The van der Waals surface area contributed by atoms with Gasteiger partial charge in [-0.1, -0.05) is 12.1 Å². The van der Waals surface area contributed by atoms with Crippen molar-refractivity contribution in [3.05, 3.63) is 75.2 Å². The van der Waals surface area contributed by atoms with Crippen molar-refractivity contribution in [3.8, 4) is 16.9 Å². The Balaban J connectivity index is 0.715. The van der Waals surface area contributed by atoms with Gasteiger partial charge in [0.1, 0.15) is 29.1 Å². The standard InChI is InChI=1S/C50H57N9O9S/c1-5-58-40(27-35(56-58)30-15-16-30)52-47-44-33-26-39(65-4)34(42-28(2)57-69-29(42)3)25-36(33)51-46(44)54-45(55-47)38(60)14-7-9-20-67-22-24-68-23-21-66-19-8-6-11-31-12-10-13-32-43(31)50(64)59(49(32)63)37-17-18-41(61)53-48(37)62/h10,12-13,25-27,30,37H,5-9,11,14-24H2,1-4H3,(H,53,61,62)(H2,51,52,54,55). The Hall–Kier alpha value is -6.41. The Labute approximate surface area is 403 Å². The predicted octanol–water partition coefficient (Wildman–Crippen LogP) is 7.52. The molecular weight excluding hydrogens is 903 g/mol. The number of anilines is 2. The van der Waals surface area contributed by atoms with Gasteiger partial charge in [-0.15, -0.1) is 0 Å². The van der Waals surface area contributed by atoms with E-state index in [1.54, 1.807) is 19.2 Å². The van der Waals surface area contributed by atoms with Gasteiger partial charge in [-0.2, -0.15) is 9.47 Å². The molecule has 2 aliphatic heterocycles. The number of aromatic amines is 1. The number of ether oxygens (including phenoxy) is 4. The van der Waals surface area contributed by atoms with Crippen molar-refractivity contribution in [1.82, 2.24) is 39.3 Å². The number of imide groups is 2. The van der Waals surface area contributed by atoms with E-state index in [0.717, 1.165) is 85.6 Å². The number of aryl methyl sites for hydroxylation is 4. The Morgan fingerprint density at radius 2 is 1.62 bits per heavy atom. The SMILES string of the molecule is CCn1nc(C2CC2)cc1Nc1nc(C(=O)CCCCOCCOCCOCCCCc2cccc3c2C(=O)N(C2CCC(=O)NC2=O)C3=O)nc2[nH]c3cc(-c4c(C)nsc4C)c(OC)cc3c12. The number of hydrogen-bond acceptors (Lipinski definition) is 15. The summed E-state index contributed by atoms with van der Waals surface area (Å²) in [7, 11) is 1.67. The summed E-state index contributed by atoms with van der Waals surface area (Å²) in [6, 6.07) is 10.3. The number of ketones is 1. The lowest BCUT2D eigenvalue weighted by molar-refractivity contribution is -0.136. The van der Waals surface area contributed by atoms with E-state index >= 15 is 0 Å². The normalized spacial score (nSPS) is 16.0. The first-order valence-electron chi connectivity index (χ1n) is 23.8. The highest BCUT2D eigenvalue weighted by atomic mass is 32.1. The predicted molar refractivity (Wildman–Crippen MR) is 258 cm³/mol. The van der Waals surface area contributed by atoms with E-state index in [0.29, 0.717) is 94.1 Å². The lowest BCUT2D eigenvalue weighted by atomic mass is 9.98. The van der Waals surface area contributed by atoms with Gasteiger partial charge in [0.25, 0.3) is 11.8 Å². The van der Waals surface area contributed by atoms with Gasteiger partial charge in [-0.05, 0) is 107 Å². The minimum Gasteiger partial charge on any atom is -0.496 e. The molecule has 0 bridgehead atoms. The molecule has 4 aromatic heterocycles. The molecule has 2 fully saturated rings. The first-order valence-corrected chi connectivity index (χ1v) is 24.6. The monoisotopic (exact) mass is 959 g/mol. The lowest BCUT2D eigenvalue weighted by Gasteiger charge is -2.27. The zero-order chi connectivity index (χ0) is 48.2. The van der Waals surface area contributed by atoms with E-state index in [2.05, 4.69) is 46.0 Å². The van der Waals surface area contributed by atoms with Crippen molar-refractivity contribution >= 4 is 74.5 Å². The summed E-state index contributed by atoms with van der Waals surface area (Å²) in [5.74, 6) is 0.457. The average Bonchev–Trinajstić information content (AvgIpc) is 3.78. The molecule has 1 saturated carbocycles. The number of Topliss-reactive ketones (excluding diaryl/α,β-unsaturated/α-hetero) is 1. The number of hydrogen-bond donors (Lipinski definition) is 3. The van der Waals surface area contributed by atoms with Crippen LogP contribution in [0, 0.1) is 13.8 Å². The summed E-state index contributed by atoms with van der Waals surface area (Å²) in [6.45, 7) is 9.43. The number of carbonyl (C=O) groups is 5. The summed E-state index contributed by atoms with van der Waals surface area (Å²) in [6.07, 6.45) is 6.06. The number of rotatable bonds is 24. The fourth-order valence-electron chi connectivity index (χ4n) is 9.21. The molecular formula is C50H57N9O9S. The van der Waals surface area contributed by atoms with Crippen LogP contribution in [0.15, 0.2) is 36.4 Å². The highest BCUT2D eigenvalue weighted by molar-refractivity contribution is 7.06. The van der Waals surface area contributed by atoms with Crippen LogP contribution in [0.25, 0.3) is 33.1 Å². The van der Waals surface area contributed by atoms with Crippen LogP contribution >= 0.6 is 11.5 Å². The summed E-state index contributed by atoms with van der Waals surface area (Å²) < 4.78 is 29.7. The van der Waals surface area contributed by atoms with E-state index in [1.165, 1.54) is 11.5 Å². The van der Waals surface area contributed by atoms with Crippen LogP contribution in [0.4, 0.5) is 11.6 Å². The lowest BCUT2D eigenvalue weighted by Crippen LogP contribution is -2.54. The Bertz CT molecular complexity index is 2920. The van der Waals surface area contributed by atoms with Crippen LogP contribution in [0.2, 0.25) is 0 Å². The second-order valence-electron chi connectivity index (χ2n) is 17.7. The minimum absolute atomic E-state index is 0.0770. The van der Waals surface area contributed by atoms with Gasteiger partial charge in [0.15, 0.2) is 11.6 Å². The number of carbonyl (C=O) groups excluding carboxylic acids is 5. The Kier molecular flexibility index (Phi) is 14.6. The third kappa shape index (κ3) is 10.2. The maximum Gasteiger partial charge on any atom is 0.262 e. The number of methoxy groups -OCH3 is 1. The van der Waals surface area contributed by atoms with Crippen molar-refractivity contribution in [3.63, 3.8) is 0 Å². The first-order chi connectivity index (χ1) is 33.5. The van der Waals surface area contributed by atoms with Crippen molar-refractivity contribution < 1.29 is 42.9 Å². The number of benzene rings is 2. The molecule has 1 saturated heterocycles. The largest absolute Gasteiger partial charge is 0.496 e. The molecule has 69 heavy (non-hydrogen) atoms. The van der Waals surface area contributed by atoms with Crippen LogP contribution in [-0.2, 0) is 36.8 Å². The molecule has 1 unspecified atom stereocenters. The van der Waals surface area contributed by atoms with Gasteiger partial charge < -0.3 is 29.2 Å². The number of nitrogens with zero attached hydrogens (tertiary/aromatic N) is 6. The topological polar surface area (TPSA) is 222 Å². The van der Waals surface area contributed by atoms with Gasteiger partial charge in [-0.3, -0.25) is 34.2 Å². The van der Waals surface area contributed by atoms with Crippen molar-refractivity contribution in [1.29, 1.82) is 0 Å². The maximum atomic E-state index is 13.7. The van der Waals surface area contributed by atoms with Crippen LogP contribution < -0.4 is 15.4 Å². The fourth-order valence-corrected chi connectivity index (χ4v) is 9.92. The highest BCUT2D eigenvalue weighted by Gasteiger charge is 2.45. The second kappa shape index (κ2) is 21.1. The Morgan fingerprint density at radius 3 is 2.32 bits per heavy atom. The quantitative estimate of drug-likeness (QED) is 0.0303. The van der Waals surface area contributed by atoms with Gasteiger partial charge in [-0.25, -0.2) is 14.6 Å². The summed E-state index contributed by atoms with van der Waals surface area (Å²) in [5, 5.41) is 12.2. The van der Waals surface area contributed by atoms with Gasteiger partial charge in [0.2, 0.25) is 11.8 Å². The average molecular weight is 960 g/mol. The van der Waals surface area contributed by atoms with E-state index in [1.807, 2.05) is 23.7 Å². The second-order valence-corrected chi connectivity index (χ2v) is 18.7. The number of unbranched alkanes of at least 4 members (excludes halogenated alkanes) is 2. The van der Waals surface area contributed by atoms with E-state index in [4.69, 9.17) is 34.0 Å². The zero-order valence-corrected chi connectivity index (χ0v) is 40.2. The number of piperidine rings is 1. The molecule has 0 spiro atoms. The van der Waals surface area contributed by atoms with Crippen LogP contribution in [0.5, 0.6) is 5.75 Å². The number of nitrogens with one attached hydrogen (secondary N) is 3. The van der Waals surface area contributed by atoms with Crippen molar-refractivity contribution in [2.24, 2.45) is 0 Å². The minimum atomic E-state index is -0.989. The molecule has 1 aliphatic carbocycles. The van der Waals surface area contributed by atoms with Gasteiger partial charge in [0.05, 0.1) is 61.4 Å². The molecule has 19 heteroatoms. The molecule has 3 N–H and O–H groups in total. The van der Waals surface area contributed by atoms with Crippen molar-refractivity contribution in [2.45, 2.75) is 103 Å². The number of H-pyrrole nitrogens is 1. The molecule has 362 valence electrons. The first kappa shape index (κ1) is 47.6. The molecule has 1 atom stereocenters. The summed E-state index contributed by atoms with van der Waals surface area (Å²) >= 11 is 1.46. The van der Waals surface area contributed by atoms with Gasteiger partial charge in [0, 0.05) is 71.5 Å². The summed E-state index contributed by atoms with van der Waals surface area (Å²) in [5.41, 5.74) is 6.73. The fraction of sp³-hybridized carbons (Fsp3) is 0.460. The van der Waals surface area contributed by atoms with Crippen molar-refractivity contribution in [2.75, 3.05) is 52.1 Å². The molecule has 18 nitrogen and oxygen atoms in total. The number of amides is 4. The van der Waals surface area contributed by atoms with Crippen LogP contribution in [0.3, 0.4) is 0 Å². The Morgan fingerprint density at radius 1 is 0.870 bits per heavy atom. The molecule has 4 amide bonds. The highest BCUT2D eigenvalue weighted by Crippen LogP contribution is 2.43. The summed E-state index contributed by atoms with van der Waals surface area (Å²) in [4.78, 5) is 79.4. The number of aromatic nitrogens is 6. The zero-order valence-electron chi connectivity index (χ0n) is 39.4. The maximum absolute atomic E-state index is 13.7. The third-order valence-corrected chi connectivity index (χ3v) is 13.7. The smallest absolute Gasteiger partial charge is 0.262 e. The van der Waals surface area contributed by atoms with E-state index in [-0.39, 0.29) is 36.4 Å². The molecule has 6 aromatic rings. The van der Waals surface area contributed by atoms with E-state index in [9.17, 15) is 24.0 Å². The van der Waals surface area contributed by atoms with Crippen LogP contribution in [-0.4, -0.2) is 116 Å². The third-order valence-electron chi connectivity index (χ3n) is 12.9. The molecule has 2 aromatic carbocycles. The van der Waals surface area contributed by atoms with E-state index < -0.39 is 29.7 Å². The molecule has 6 heterocycles. The van der Waals surface area contributed by atoms with Gasteiger partial charge >= 0.3 is 0 Å².